The predicted octanol–water partition coefficient (Wildman–Crippen LogP) is 4.28. The lowest BCUT2D eigenvalue weighted by Gasteiger charge is -2.32. The lowest BCUT2D eigenvalue weighted by Crippen LogP contribution is -2.43. The van der Waals surface area contributed by atoms with Gasteiger partial charge in [-0.05, 0) is 49.2 Å². The number of hydrogen-bond acceptors (Lipinski definition) is 4. The van der Waals surface area contributed by atoms with Gasteiger partial charge in [-0.2, -0.15) is 8.78 Å². The van der Waals surface area contributed by atoms with Crippen LogP contribution < -0.4 is 10.1 Å². The SMILES string of the molecule is COC1CCCN(C(=O)c2ccccc2Nc2ccc(OC(F)F)cc2)C1. The minimum atomic E-state index is -2.86. The molecule has 1 heterocycles. The molecule has 144 valence electrons. The number of alkyl halides is 2. The zero-order valence-corrected chi connectivity index (χ0v) is 15.0. The van der Waals surface area contributed by atoms with Crippen LogP contribution in [0, 0.1) is 0 Å². The molecule has 0 radical (unpaired) electrons. The molecule has 27 heavy (non-hydrogen) atoms. The van der Waals surface area contributed by atoms with Gasteiger partial charge in [0.25, 0.3) is 5.91 Å². The summed E-state index contributed by atoms with van der Waals surface area (Å²) in [5.41, 5.74) is 1.89. The molecule has 1 N–H and O–H groups in total. The zero-order valence-electron chi connectivity index (χ0n) is 15.0. The molecule has 0 saturated carbocycles. The summed E-state index contributed by atoms with van der Waals surface area (Å²) in [5.74, 6) is 0.0244. The molecule has 0 aliphatic carbocycles. The van der Waals surface area contributed by atoms with E-state index in [1.54, 1.807) is 30.2 Å². The fourth-order valence-electron chi connectivity index (χ4n) is 3.14. The van der Waals surface area contributed by atoms with Gasteiger partial charge in [0.15, 0.2) is 0 Å². The first-order valence-electron chi connectivity index (χ1n) is 8.80. The fourth-order valence-corrected chi connectivity index (χ4v) is 3.14. The summed E-state index contributed by atoms with van der Waals surface area (Å²) < 4.78 is 34.2. The molecule has 7 heteroatoms. The second-order valence-electron chi connectivity index (χ2n) is 6.32. The Bertz CT molecular complexity index is 768. The standard InChI is InChI=1S/C20H22F2N2O3/c1-26-16-5-4-12-24(13-16)19(25)17-6-2-3-7-18(17)23-14-8-10-15(11-9-14)27-20(21)22/h2-3,6-11,16,20,23H,4-5,12-13H2,1H3. The first-order chi connectivity index (χ1) is 13.1. The molecule has 1 fully saturated rings. The van der Waals surface area contributed by atoms with Gasteiger partial charge in [-0.15, -0.1) is 0 Å². The Kier molecular flexibility index (Phi) is 6.24. The second kappa shape index (κ2) is 8.81. The third kappa shape index (κ3) is 4.95. The Labute approximate surface area is 156 Å². The molecule has 1 aliphatic rings. The summed E-state index contributed by atoms with van der Waals surface area (Å²) in [6.45, 7) is -1.58. The summed E-state index contributed by atoms with van der Waals surface area (Å²) in [6.07, 6.45) is 1.92. The average Bonchev–Trinajstić information content (AvgIpc) is 2.69. The van der Waals surface area contributed by atoms with E-state index in [-0.39, 0.29) is 17.8 Å². The lowest BCUT2D eigenvalue weighted by atomic mass is 10.1. The number of piperidine rings is 1. The number of rotatable bonds is 6. The van der Waals surface area contributed by atoms with Crippen LogP contribution in [0.3, 0.4) is 0 Å². The summed E-state index contributed by atoms with van der Waals surface area (Å²) in [7, 11) is 1.66. The van der Waals surface area contributed by atoms with E-state index in [0.29, 0.717) is 30.0 Å². The van der Waals surface area contributed by atoms with Crippen LogP contribution in [0.15, 0.2) is 48.5 Å². The third-order valence-corrected chi connectivity index (χ3v) is 4.51. The first kappa shape index (κ1) is 19.1. The first-order valence-corrected chi connectivity index (χ1v) is 8.80. The summed E-state index contributed by atoms with van der Waals surface area (Å²) in [6, 6.07) is 13.4. The van der Waals surface area contributed by atoms with Gasteiger partial charge in [0, 0.05) is 25.9 Å². The maximum atomic E-state index is 13.0. The van der Waals surface area contributed by atoms with Crippen LogP contribution in [0.1, 0.15) is 23.2 Å². The molecule has 1 unspecified atom stereocenters. The lowest BCUT2D eigenvalue weighted by molar-refractivity contribution is -0.0498. The Morgan fingerprint density at radius 2 is 1.93 bits per heavy atom. The molecular weight excluding hydrogens is 354 g/mol. The number of nitrogens with zero attached hydrogens (tertiary/aromatic N) is 1. The van der Waals surface area contributed by atoms with Crippen molar-refractivity contribution >= 4 is 17.3 Å². The highest BCUT2D eigenvalue weighted by atomic mass is 19.3. The molecule has 0 aromatic heterocycles. The number of halogens is 2. The van der Waals surface area contributed by atoms with E-state index in [1.165, 1.54) is 12.1 Å². The number of hydrogen-bond donors (Lipinski definition) is 1. The van der Waals surface area contributed by atoms with E-state index in [9.17, 15) is 13.6 Å². The average molecular weight is 376 g/mol. The Morgan fingerprint density at radius 3 is 2.63 bits per heavy atom. The molecule has 1 saturated heterocycles. The molecule has 3 rings (SSSR count). The summed E-state index contributed by atoms with van der Waals surface area (Å²) in [5, 5.41) is 3.18. The second-order valence-corrected chi connectivity index (χ2v) is 6.32. The minimum Gasteiger partial charge on any atom is -0.435 e. The summed E-state index contributed by atoms with van der Waals surface area (Å²) in [4.78, 5) is 14.8. The van der Waals surface area contributed by atoms with Gasteiger partial charge < -0.3 is 19.7 Å². The van der Waals surface area contributed by atoms with Crippen LogP contribution in [0.4, 0.5) is 20.2 Å². The van der Waals surface area contributed by atoms with Crippen molar-refractivity contribution in [1.29, 1.82) is 0 Å². The number of methoxy groups -OCH3 is 1. The van der Waals surface area contributed by atoms with E-state index >= 15 is 0 Å². The van der Waals surface area contributed by atoms with Crippen LogP contribution in [0.25, 0.3) is 0 Å². The minimum absolute atomic E-state index is 0.0579. The molecule has 2 aromatic carbocycles. The molecule has 1 aliphatic heterocycles. The smallest absolute Gasteiger partial charge is 0.387 e. The van der Waals surface area contributed by atoms with Crippen molar-refractivity contribution in [2.45, 2.75) is 25.6 Å². The third-order valence-electron chi connectivity index (χ3n) is 4.51. The van der Waals surface area contributed by atoms with Crippen LogP contribution in [-0.4, -0.2) is 43.7 Å². The number of amides is 1. The van der Waals surface area contributed by atoms with E-state index in [4.69, 9.17) is 4.74 Å². The number of carbonyl (C=O) groups excluding carboxylic acids is 1. The van der Waals surface area contributed by atoms with Gasteiger partial charge in [0.2, 0.25) is 0 Å². The van der Waals surface area contributed by atoms with Gasteiger partial charge in [-0.25, -0.2) is 0 Å². The van der Waals surface area contributed by atoms with Gasteiger partial charge in [-0.1, -0.05) is 12.1 Å². The number of carbonyl (C=O) groups is 1. The quantitative estimate of drug-likeness (QED) is 0.818. The van der Waals surface area contributed by atoms with E-state index in [1.807, 2.05) is 18.2 Å². The fraction of sp³-hybridized carbons (Fsp3) is 0.350. The highest BCUT2D eigenvalue weighted by Gasteiger charge is 2.25. The van der Waals surface area contributed by atoms with E-state index in [0.717, 1.165) is 12.8 Å². The number of ether oxygens (including phenoxy) is 2. The van der Waals surface area contributed by atoms with Crippen molar-refractivity contribution in [2.24, 2.45) is 0 Å². The normalized spacial score (nSPS) is 17.0. The van der Waals surface area contributed by atoms with E-state index < -0.39 is 6.61 Å². The highest BCUT2D eigenvalue weighted by molar-refractivity contribution is 6.00. The maximum Gasteiger partial charge on any atom is 0.387 e. The molecule has 1 amide bonds. The molecule has 5 nitrogen and oxygen atoms in total. The molecule has 0 spiro atoms. The Hall–Kier alpha value is -2.67. The van der Waals surface area contributed by atoms with Gasteiger partial charge >= 0.3 is 6.61 Å². The topological polar surface area (TPSA) is 50.8 Å². The van der Waals surface area contributed by atoms with Crippen molar-refractivity contribution in [3.05, 3.63) is 54.1 Å². The molecule has 2 aromatic rings. The van der Waals surface area contributed by atoms with Crippen molar-refractivity contribution in [2.75, 3.05) is 25.5 Å². The van der Waals surface area contributed by atoms with Gasteiger partial charge in [-0.3, -0.25) is 4.79 Å². The molecular formula is C20H22F2N2O3. The zero-order chi connectivity index (χ0) is 19.2. The number of anilines is 2. The van der Waals surface area contributed by atoms with Crippen LogP contribution in [0.5, 0.6) is 5.75 Å². The molecule has 0 bridgehead atoms. The van der Waals surface area contributed by atoms with Crippen molar-refractivity contribution < 1.29 is 23.0 Å². The number of benzene rings is 2. The highest BCUT2D eigenvalue weighted by Crippen LogP contribution is 2.25. The van der Waals surface area contributed by atoms with Crippen molar-refractivity contribution in [1.82, 2.24) is 4.90 Å². The van der Waals surface area contributed by atoms with Gasteiger partial charge in [0.05, 0.1) is 17.4 Å². The Balaban J connectivity index is 1.74. The monoisotopic (exact) mass is 376 g/mol. The molecule has 1 atom stereocenters. The Morgan fingerprint density at radius 1 is 1.19 bits per heavy atom. The number of likely N-dealkylation sites (tertiary alicyclic amines) is 1. The van der Waals surface area contributed by atoms with Crippen LogP contribution >= 0.6 is 0 Å². The van der Waals surface area contributed by atoms with Crippen LogP contribution in [0.2, 0.25) is 0 Å². The summed E-state index contributed by atoms with van der Waals surface area (Å²) >= 11 is 0. The van der Waals surface area contributed by atoms with Crippen molar-refractivity contribution in [3.8, 4) is 5.75 Å². The van der Waals surface area contributed by atoms with E-state index in [2.05, 4.69) is 10.1 Å². The van der Waals surface area contributed by atoms with Crippen LogP contribution in [-0.2, 0) is 4.74 Å². The van der Waals surface area contributed by atoms with Gasteiger partial charge in [0.1, 0.15) is 5.75 Å². The largest absolute Gasteiger partial charge is 0.435 e. The predicted molar refractivity (Wildman–Crippen MR) is 98.7 cm³/mol. The number of nitrogens with one attached hydrogen (secondary N) is 1. The maximum absolute atomic E-state index is 13.0. The van der Waals surface area contributed by atoms with Crippen molar-refractivity contribution in [3.63, 3.8) is 0 Å². The number of para-hydroxylation sites is 1.